The minimum absolute atomic E-state index is 0.342. The SMILES string of the molecule is CO[SiH](OC)OC.FC1(F)C(F)(F)C(F)(F)C(F)(OC2CC2)C(F)(F)C1(F)F. The van der Waals surface area contributed by atoms with Crippen LogP contribution in [0, 0.1) is 0 Å². The molecular weight excluding hydrogens is 445 g/mol. The van der Waals surface area contributed by atoms with Gasteiger partial charge < -0.3 is 18.0 Å². The molecule has 0 unspecified atom stereocenters. The van der Waals surface area contributed by atoms with Gasteiger partial charge in [0.2, 0.25) is 0 Å². The van der Waals surface area contributed by atoms with E-state index in [2.05, 4.69) is 4.74 Å². The van der Waals surface area contributed by atoms with Crippen LogP contribution >= 0.6 is 0 Å². The van der Waals surface area contributed by atoms with Crippen molar-refractivity contribution < 1.29 is 66.3 Å². The van der Waals surface area contributed by atoms with Crippen molar-refractivity contribution in [3.63, 3.8) is 0 Å². The zero-order valence-corrected chi connectivity index (χ0v) is 15.5. The normalized spacial score (nSPS) is 28.4. The molecule has 16 heteroatoms. The highest BCUT2D eigenvalue weighted by atomic mass is 28.3. The van der Waals surface area contributed by atoms with Gasteiger partial charge in [0.25, 0.3) is 0 Å². The van der Waals surface area contributed by atoms with Gasteiger partial charge in [-0.2, -0.15) is 48.3 Å². The second kappa shape index (κ2) is 7.52. The lowest BCUT2D eigenvalue weighted by Crippen LogP contribution is -2.84. The van der Waals surface area contributed by atoms with E-state index in [1.165, 1.54) is 0 Å². The molecule has 0 aromatic rings. The summed E-state index contributed by atoms with van der Waals surface area (Å²) in [6.07, 6.45) is -2.44. The van der Waals surface area contributed by atoms with E-state index in [0.29, 0.717) is 0 Å². The molecule has 0 atom stereocenters. The summed E-state index contributed by atoms with van der Waals surface area (Å²) >= 11 is 0. The molecule has 2 aliphatic rings. The van der Waals surface area contributed by atoms with Crippen LogP contribution in [0.4, 0.5) is 48.3 Å². The summed E-state index contributed by atoms with van der Waals surface area (Å²) in [5, 5.41) is 0. The molecule has 4 nitrogen and oxygen atoms in total. The molecule has 0 bridgehead atoms. The van der Waals surface area contributed by atoms with Gasteiger partial charge in [-0.15, -0.1) is 0 Å². The van der Waals surface area contributed by atoms with Crippen LogP contribution in [0.2, 0.25) is 0 Å². The van der Waals surface area contributed by atoms with Gasteiger partial charge >= 0.3 is 45.0 Å². The van der Waals surface area contributed by atoms with E-state index in [-0.39, 0.29) is 12.8 Å². The lowest BCUT2D eigenvalue weighted by Gasteiger charge is -2.51. The van der Waals surface area contributed by atoms with Crippen molar-refractivity contribution in [1.82, 2.24) is 0 Å². The van der Waals surface area contributed by atoms with Gasteiger partial charge in [0, 0.05) is 21.3 Å². The predicted molar refractivity (Wildman–Crippen MR) is 70.9 cm³/mol. The highest BCUT2D eigenvalue weighted by Gasteiger charge is 3.02. The van der Waals surface area contributed by atoms with Gasteiger partial charge in [-0.1, -0.05) is 0 Å². The molecule has 0 radical (unpaired) electrons. The van der Waals surface area contributed by atoms with Crippen LogP contribution in [-0.2, 0) is 18.0 Å². The third kappa shape index (κ3) is 3.29. The van der Waals surface area contributed by atoms with Crippen LogP contribution in [0.5, 0.6) is 0 Å². The second-order valence-electron chi connectivity index (χ2n) is 5.78. The van der Waals surface area contributed by atoms with E-state index < -0.39 is 51.1 Å². The zero-order chi connectivity index (χ0) is 22.4. The first-order valence-electron chi connectivity index (χ1n) is 7.27. The molecule has 28 heavy (non-hydrogen) atoms. The van der Waals surface area contributed by atoms with E-state index in [9.17, 15) is 48.3 Å². The fourth-order valence-electron chi connectivity index (χ4n) is 2.04. The molecule has 0 saturated heterocycles. The van der Waals surface area contributed by atoms with Crippen LogP contribution in [0.1, 0.15) is 12.8 Å². The third-order valence-corrected chi connectivity index (χ3v) is 4.97. The van der Waals surface area contributed by atoms with Crippen molar-refractivity contribution in [3.05, 3.63) is 0 Å². The molecule has 0 aliphatic heterocycles. The van der Waals surface area contributed by atoms with Gasteiger partial charge in [-0.3, -0.25) is 0 Å². The molecule has 2 rings (SSSR count). The third-order valence-electron chi connectivity index (χ3n) is 3.82. The zero-order valence-electron chi connectivity index (χ0n) is 14.4. The smallest absolute Gasteiger partial charge is 0.379 e. The average Bonchev–Trinajstić information content (AvgIpc) is 3.39. The molecule has 0 amide bonds. The molecular formula is C12H15F11O4Si. The van der Waals surface area contributed by atoms with Crippen LogP contribution in [0.25, 0.3) is 0 Å². The predicted octanol–water partition coefficient (Wildman–Crippen LogP) is 3.66. The van der Waals surface area contributed by atoms with Crippen LogP contribution in [0.15, 0.2) is 0 Å². The lowest BCUT2D eigenvalue weighted by atomic mass is 9.78. The Bertz CT molecular complexity index is 516. The van der Waals surface area contributed by atoms with Crippen molar-refractivity contribution in [2.75, 3.05) is 21.3 Å². The number of hydrogen-bond donors (Lipinski definition) is 0. The molecule has 0 heterocycles. The van der Waals surface area contributed by atoms with Gasteiger partial charge in [-0.25, -0.2) is 0 Å². The topological polar surface area (TPSA) is 36.9 Å². The molecule has 0 aromatic heterocycles. The fraction of sp³-hybridized carbons (Fsp3) is 1.00. The van der Waals surface area contributed by atoms with Crippen LogP contribution in [0.3, 0.4) is 0 Å². The lowest BCUT2D eigenvalue weighted by molar-refractivity contribution is -0.525. The summed E-state index contributed by atoms with van der Waals surface area (Å²) in [7, 11) is 3.05. The Morgan fingerprint density at radius 1 is 0.571 bits per heavy atom. The van der Waals surface area contributed by atoms with Gasteiger partial charge in [-0.05, 0) is 12.8 Å². The summed E-state index contributed by atoms with van der Waals surface area (Å²) in [5.41, 5.74) is 0. The van der Waals surface area contributed by atoms with E-state index in [1.807, 2.05) is 0 Å². The summed E-state index contributed by atoms with van der Waals surface area (Å²) < 4.78 is 161. The molecule has 0 spiro atoms. The number of hydrogen-bond acceptors (Lipinski definition) is 4. The second-order valence-corrected chi connectivity index (χ2v) is 7.77. The van der Waals surface area contributed by atoms with E-state index in [1.54, 1.807) is 21.3 Å². The maximum Gasteiger partial charge on any atom is 0.483 e. The maximum atomic E-state index is 13.7. The van der Waals surface area contributed by atoms with Crippen LogP contribution in [-0.4, -0.2) is 72.4 Å². The molecule has 0 N–H and O–H groups in total. The monoisotopic (exact) mass is 460 g/mol. The number of alkyl halides is 11. The van der Waals surface area contributed by atoms with Crippen LogP contribution < -0.4 is 0 Å². The highest BCUT2D eigenvalue weighted by Crippen LogP contribution is 2.70. The van der Waals surface area contributed by atoms with E-state index in [0.717, 1.165) is 0 Å². The minimum atomic E-state index is -7.19. The largest absolute Gasteiger partial charge is 0.483 e. The van der Waals surface area contributed by atoms with Crippen molar-refractivity contribution in [3.8, 4) is 0 Å². The Morgan fingerprint density at radius 2 is 0.857 bits per heavy atom. The Balaban J connectivity index is 0.000000480. The van der Waals surface area contributed by atoms with Gasteiger partial charge in [0.1, 0.15) is 0 Å². The van der Waals surface area contributed by atoms with E-state index in [4.69, 9.17) is 13.3 Å². The molecule has 168 valence electrons. The average molecular weight is 460 g/mol. The summed E-state index contributed by atoms with van der Waals surface area (Å²) in [6.45, 7) is 0. The minimum Gasteiger partial charge on any atom is -0.379 e. The fourth-order valence-corrected chi connectivity index (χ4v) is 2.62. The summed E-state index contributed by atoms with van der Waals surface area (Å²) in [6, 6.07) is 0. The van der Waals surface area contributed by atoms with Crippen molar-refractivity contribution in [2.45, 2.75) is 54.4 Å². The molecule has 2 fully saturated rings. The number of rotatable bonds is 5. The number of ether oxygens (including phenoxy) is 1. The molecule has 2 aliphatic carbocycles. The summed E-state index contributed by atoms with van der Waals surface area (Å²) in [4.78, 5) is 0. The Morgan fingerprint density at radius 3 is 1.07 bits per heavy atom. The van der Waals surface area contributed by atoms with Crippen molar-refractivity contribution >= 4 is 9.53 Å². The maximum absolute atomic E-state index is 13.7. The Kier molecular flexibility index (Phi) is 6.80. The first-order chi connectivity index (χ1) is 12.4. The van der Waals surface area contributed by atoms with Gasteiger partial charge in [0.15, 0.2) is 0 Å². The van der Waals surface area contributed by atoms with E-state index >= 15 is 0 Å². The quantitative estimate of drug-likeness (QED) is 0.464. The van der Waals surface area contributed by atoms with Gasteiger partial charge in [0.05, 0.1) is 6.10 Å². The molecule has 0 aromatic carbocycles. The first kappa shape index (κ1) is 25.3. The standard InChI is InChI=1S/C9H5F11O.C3H10O3Si/c10-4(11)5(12,13)7(16,17)9(20,21-3-1-2-3)8(18,19)6(4,14)15;1-4-7(5-2)6-3/h3H,1-2H2;7H,1-3H3. The highest BCUT2D eigenvalue weighted by molar-refractivity contribution is 6.36. The summed E-state index contributed by atoms with van der Waals surface area (Å²) in [5.74, 6) is -41.4. The Hall–Kier alpha value is -0.713. The van der Waals surface area contributed by atoms with Crippen molar-refractivity contribution in [1.29, 1.82) is 0 Å². The van der Waals surface area contributed by atoms with Crippen molar-refractivity contribution in [2.24, 2.45) is 0 Å². The first-order valence-corrected chi connectivity index (χ1v) is 8.68. The molecule has 2 saturated carbocycles. The number of halogens is 11. The Labute approximate surface area is 152 Å².